The SMILES string of the molecule is Cc1cc(OC2CCN(C(=O)OC(C)(C)C)CC2)cnc1C(=O)O. The van der Waals surface area contributed by atoms with Crippen LogP contribution in [0.3, 0.4) is 0 Å². The van der Waals surface area contributed by atoms with E-state index in [0.717, 1.165) is 0 Å². The van der Waals surface area contributed by atoms with Crippen molar-refractivity contribution in [2.75, 3.05) is 13.1 Å². The van der Waals surface area contributed by atoms with Gasteiger partial charge in [-0.15, -0.1) is 0 Å². The van der Waals surface area contributed by atoms with Gasteiger partial charge in [-0.1, -0.05) is 0 Å². The lowest BCUT2D eigenvalue weighted by Gasteiger charge is -2.33. The first-order valence-corrected chi connectivity index (χ1v) is 8.00. The zero-order chi connectivity index (χ0) is 17.9. The Kier molecular flexibility index (Phi) is 5.31. The molecular weight excluding hydrogens is 312 g/mol. The van der Waals surface area contributed by atoms with E-state index in [1.807, 2.05) is 20.8 Å². The summed E-state index contributed by atoms with van der Waals surface area (Å²) in [6.07, 6.45) is 2.49. The summed E-state index contributed by atoms with van der Waals surface area (Å²) in [5.41, 5.74) is 0.0905. The van der Waals surface area contributed by atoms with Crippen molar-refractivity contribution in [3.63, 3.8) is 0 Å². The van der Waals surface area contributed by atoms with Gasteiger partial charge in [-0.2, -0.15) is 0 Å². The van der Waals surface area contributed by atoms with Crippen molar-refractivity contribution in [2.45, 2.75) is 52.2 Å². The van der Waals surface area contributed by atoms with E-state index < -0.39 is 11.6 Å². The molecule has 132 valence electrons. The van der Waals surface area contributed by atoms with Gasteiger partial charge in [0.05, 0.1) is 6.20 Å². The fraction of sp³-hybridized carbons (Fsp3) is 0.588. The molecule has 1 amide bonds. The van der Waals surface area contributed by atoms with Crippen LogP contribution in [-0.2, 0) is 4.74 Å². The third kappa shape index (κ3) is 4.84. The third-order valence-electron chi connectivity index (χ3n) is 3.65. The number of carbonyl (C=O) groups is 2. The molecule has 0 radical (unpaired) electrons. The Morgan fingerprint density at radius 1 is 1.29 bits per heavy atom. The van der Waals surface area contributed by atoms with Crippen molar-refractivity contribution in [2.24, 2.45) is 0 Å². The van der Waals surface area contributed by atoms with Crippen molar-refractivity contribution < 1.29 is 24.2 Å². The Balaban J connectivity index is 1.88. The van der Waals surface area contributed by atoms with Crippen LogP contribution in [0.5, 0.6) is 5.75 Å². The average Bonchev–Trinajstić information content (AvgIpc) is 2.45. The van der Waals surface area contributed by atoms with Gasteiger partial charge in [0.25, 0.3) is 0 Å². The highest BCUT2D eigenvalue weighted by molar-refractivity contribution is 5.87. The second kappa shape index (κ2) is 7.07. The molecular formula is C17H24N2O5. The highest BCUT2D eigenvalue weighted by atomic mass is 16.6. The number of carboxylic acid groups (broad SMARTS) is 1. The number of aromatic nitrogens is 1. The Morgan fingerprint density at radius 2 is 1.92 bits per heavy atom. The number of rotatable bonds is 3. The van der Waals surface area contributed by atoms with Crippen molar-refractivity contribution >= 4 is 12.1 Å². The van der Waals surface area contributed by atoms with E-state index in [1.54, 1.807) is 17.9 Å². The molecule has 7 nitrogen and oxygen atoms in total. The number of ether oxygens (including phenoxy) is 2. The van der Waals surface area contributed by atoms with Crippen LogP contribution in [0.4, 0.5) is 4.79 Å². The Morgan fingerprint density at radius 3 is 2.42 bits per heavy atom. The van der Waals surface area contributed by atoms with Crippen LogP contribution in [0, 0.1) is 6.92 Å². The summed E-state index contributed by atoms with van der Waals surface area (Å²) in [5.74, 6) is -0.502. The molecule has 1 aromatic heterocycles. The van der Waals surface area contributed by atoms with E-state index in [9.17, 15) is 9.59 Å². The van der Waals surface area contributed by atoms with E-state index in [4.69, 9.17) is 14.6 Å². The first-order valence-electron chi connectivity index (χ1n) is 8.00. The molecule has 0 atom stereocenters. The minimum Gasteiger partial charge on any atom is -0.489 e. The molecule has 2 heterocycles. The molecule has 0 unspecified atom stereocenters. The van der Waals surface area contributed by atoms with E-state index in [2.05, 4.69) is 4.98 Å². The number of aromatic carboxylic acids is 1. The summed E-state index contributed by atoms with van der Waals surface area (Å²) in [7, 11) is 0. The second-order valence-electron chi connectivity index (χ2n) is 6.93. The average molecular weight is 336 g/mol. The molecule has 2 rings (SSSR count). The summed E-state index contributed by atoms with van der Waals surface area (Å²) in [6, 6.07) is 1.68. The number of pyridine rings is 1. The Bertz CT molecular complexity index is 616. The van der Waals surface area contributed by atoms with Crippen LogP contribution in [0.25, 0.3) is 0 Å². The van der Waals surface area contributed by atoms with Gasteiger partial charge >= 0.3 is 12.1 Å². The lowest BCUT2D eigenvalue weighted by molar-refractivity contribution is 0.0126. The van der Waals surface area contributed by atoms with E-state index in [-0.39, 0.29) is 17.9 Å². The van der Waals surface area contributed by atoms with Crippen LogP contribution in [0.15, 0.2) is 12.3 Å². The predicted molar refractivity (Wildman–Crippen MR) is 87.4 cm³/mol. The fourth-order valence-electron chi connectivity index (χ4n) is 2.51. The first kappa shape index (κ1) is 18.0. The monoisotopic (exact) mass is 336 g/mol. The Hall–Kier alpha value is -2.31. The van der Waals surface area contributed by atoms with Crippen LogP contribution in [0.1, 0.15) is 49.7 Å². The molecule has 1 aliphatic rings. The number of likely N-dealkylation sites (tertiary alicyclic amines) is 1. The molecule has 0 saturated carbocycles. The number of amides is 1. The maximum atomic E-state index is 12.0. The van der Waals surface area contributed by atoms with Gasteiger partial charge in [0.15, 0.2) is 5.69 Å². The lowest BCUT2D eigenvalue weighted by Crippen LogP contribution is -2.44. The van der Waals surface area contributed by atoms with Crippen LogP contribution >= 0.6 is 0 Å². The topological polar surface area (TPSA) is 89.0 Å². The molecule has 7 heteroatoms. The molecule has 1 N–H and O–H groups in total. The summed E-state index contributed by atoms with van der Waals surface area (Å²) in [6.45, 7) is 8.36. The van der Waals surface area contributed by atoms with Gasteiger partial charge in [-0.3, -0.25) is 0 Å². The number of aryl methyl sites for hydroxylation is 1. The van der Waals surface area contributed by atoms with Gasteiger partial charge < -0.3 is 19.5 Å². The van der Waals surface area contributed by atoms with Crippen molar-refractivity contribution in [3.05, 3.63) is 23.5 Å². The van der Waals surface area contributed by atoms with E-state index in [1.165, 1.54) is 6.20 Å². The molecule has 1 fully saturated rings. The van der Waals surface area contributed by atoms with Crippen molar-refractivity contribution in [3.8, 4) is 5.75 Å². The maximum Gasteiger partial charge on any atom is 0.410 e. The molecule has 0 aromatic carbocycles. The normalized spacial score (nSPS) is 15.9. The number of hydrogen-bond acceptors (Lipinski definition) is 5. The van der Waals surface area contributed by atoms with E-state index in [0.29, 0.717) is 37.2 Å². The largest absolute Gasteiger partial charge is 0.489 e. The number of carbonyl (C=O) groups excluding carboxylic acids is 1. The number of nitrogens with zero attached hydrogens (tertiary/aromatic N) is 2. The van der Waals surface area contributed by atoms with Gasteiger partial charge in [0.1, 0.15) is 17.5 Å². The molecule has 0 aliphatic carbocycles. The summed E-state index contributed by atoms with van der Waals surface area (Å²) >= 11 is 0. The maximum absolute atomic E-state index is 12.0. The van der Waals surface area contributed by atoms with E-state index >= 15 is 0 Å². The zero-order valence-corrected chi connectivity index (χ0v) is 14.5. The predicted octanol–water partition coefficient (Wildman–Crippen LogP) is 2.87. The standard InChI is InChI=1S/C17H24N2O5/c1-11-9-13(10-18-14(11)15(20)21)23-12-5-7-19(8-6-12)16(22)24-17(2,3)4/h9-10,12H,5-8H2,1-4H3,(H,20,21). The van der Waals surface area contributed by atoms with Crippen LogP contribution in [-0.4, -0.2) is 51.8 Å². The molecule has 0 bridgehead atoms. The molecule has 1 aliphatic heterocycles. The second-order valence-corrected chi connectivity index (χ2v) is 6.93. The van der Waals surface area contributed by atoms with Crippen LogP contribution in [0.2, 0.25) is 0 Å². The van der Waals surface area contributed by atoms with Gasteiger partial charge in [-0.05, 0) is 39.3 Å². The highest BCUT2D eigenvalue weighted by Gasteiger charge is 2.27. The Labute approximate surface area is 141 Å². The third-order valence-corrected chi connectivity index (χ3v) is 3.65. The molecule has 0 spiro atoms. The highest BCUT2D eigenvalue weighted by Crippen LogP contribution is 2.21. The van der Waals surface area contributed by atoms with Gasteiger partial charge in [0.2, 0.25) is 0 Å². The minimum atomic E-state index is -1.05. The van der Waals surface area contributed by atoms with Crippen molar-refractivity contribution in [1.82, 2.24) is 9.88 Å². The summed E-state index contributed by atoms with van der Waals surface area (Å²) in [5, 5.41) is 8.99. The molecule has 1 saturated heterocycles. The lowest BCUT2D eigenvalue weighted by atomic mass is 10.1. The van der Waals surface area contributed by atoms with Crippen molar-refractivity contribution in [1.29, 1.82) is 0 Å². The van der Waals surface area contributed by atoms with Gasteiger partial charge in [-0.25, -0.2) is 14.6 Å². The smallest absolute Gasteiger partial charge is 0.410 e. The zero-order valence-electron chi connectivity index (χ0n) is 14.5. The molecule has 24 heavy (non-hydrogen) atoms. The quantitative estimate of drug-likeness (QED) is 0.913. The fourth-order valence-corrected chi connectivity index (χ4v) is 2.51. The van der Waals surface area contributed by atoms with Crippen LogP contribution < -0.4 is 4.74 Å². The molecule has 1 aromatic rings. The summed E-state index contributed by atoms with van der Waals surface area (Å²) in [4.78, 5) is 28.6. The van der Waals surface area contributed by atoms with Gasteiger partial charge in [0, 0.05) is 25.9 Å². The summed E-state index contributed by atoms with van der Waals surface area (Å²) < 4.78 is 11.2. The first-order chi connectivity index (χ1) is 11.2. The minimum absolute atomic E-state index is 0.0273. The number of carboxylic acids is 1. The number of hydrogen-bond donors (Lipinski definition) is 1. The number of piperidine rings is 1.